The van der Waals surface area contributed by atoms with Crippen LogP contribution < -0.4 is 0 Å². The number of amides is 2. The molecule has 0 aliphatic carbocycles. The molecule has 15 heavy (non-hydrogen) atoms. The lowest BCUT2D eigenvalue weighted by atomic mass is 10.0. The minimum Gasteiger partial charge on any atom is -0.406 e. The summed E-state index contributed by atoms with van der Waals surface area (Å²) in [5, 5.41) is 0. The first kappa shape index (κ1) is 10.3. The van der Waals surface area contributed by atoms with E-state index in [4.69, 9.17) is 17.5 Å². The Morgan fingerprint density at radius 2 is 1.67 bits per heavy atom. The van der Waals surface area contributed by atoms with Crippen molar-refractivity contribution in [3.63, 3.8) is 0 Å². The molecule has 1 spiro atoms. The van der Waals surface area contributed by atoms with Crippen molar-refractivity contribution in [2.45, 2.75) is 18.6 Å². The van der Waals surface area contributed by atoms with Gasteiger partial charge >= 0.3 is 12.2 Å². The number of hydrogen-bond acceptors (Lipinski definition) is 5. The third kappa shape index (κ3) is 1.79. The van der Waals surface area contributed by atoms with Crippen molar-refractivity contribution >= 4 is 20.2 Å². The maximum atomic E-state index is 11.3. The minimum atomic E-state index is -1.10. The Labute approximate surface area is 88.5 Å². The van der Waals surface area contributed by atoms with Crippen LogP contribution >= 0.6 is 0 Å². The lowest BCUT2D eigenvalue weighted by Gasteiger charge is -2.42. The van der Waals surface area contributed by atoms with E-state index in [9.17, 15) is 9.59 Å². The van der Waals surface area contributed by atoms with Gasteiger partial charge < -0.3 is 14.3 Å². The molecule has 2 amide bonds. The average Bonchev–Trinajstić information content (AvgIpc) is 2.20. The van der Waals surface area contributed by atoms with Crippen molar-refractivity contribution < 1.29 is 19.1 Å². The normalized spacial score (nSPS) is 26.3. The number of nitrogens with zero attached hydrogens (tertiary/aromatic N) is 2. The van der Waals surface area contributed by atoms with Crippen molar-refractivity contribution in [2.24, 2.45) is 0 Å². The molecule has 0 aromatic rings. The molecule has 2 rings (SSSR count). The molecule has 0 N–H and O–H groups in total. The van der Waals surface area contributed by atoms with Crippen LogP contribution in [0, 0.1) is 0 Å². The fraction of sp³-hybridized carbons (Fsp3) is 0.750. The molecular weight excluding hydrogens is 199 g/mol. The topological polar surface area (TPSA) is 59.1 Å². The fourth-order valence-electron chi connectivity index (χ4n) is 1.62. The molecule has 2 saturated heterocycles. The molecule has 7 heteroatoms. The molecule has 2 heterocycles. The van der Waals surface area contributed by atoms with Crippen LogP contribution in [-0.2, 0) is 9.47 Å². The highest BCUT2D eigenvalue weighted by Gasteiger charge is 2.47. The van der Waals surface area contributed by atoms with Gasteiger partial charge in [0.2, 0.25) is 0 Å². The number of ether oxygens (including phenoxy) is 2. The van der Waals surface area contributed by atoms with Gasteiger partial charge in [0.1, 0.15) is 0 Å². The number of carbonyl (C=O) groups is 2. The number of imide groups is 1. The van der Waals surface area contributed by atoms with Gasteiger partial charge in [0.25, 0.3) is 5.79 Å². The predicted octanol–water partition coefficient (Wildman–Crippen LogP) is 0.0806. The first-order chi connectivity index (χ1) is 7.02. The standard InChI is InChI=1S/C8H11BN2O4/c1-10-6(12)14-8(15-7(10)13)2-4-11(9)5-3-8/h2-5H2,1H3. The van der Waals surface area contributed by atoms with Crippen molar-refractivity contribution in [1.29, 1.82) is 0 Å². The number of hydrogen-bond donors (Lipinski definition) is 0. The number of rotatable bonds is 0. The Morgan fingerprint density at radius 3 is 2.13 bits per heavy atom. The molecule has 0 bridgehead atoms. The maximum absolute atomic E-state index is 11.3. The van der Waals surface area contributed by atoms with Crippen LogP contribution in [0.1, 0.15) is 12.8 Å². The minimum absolute atomic E-state index is 0.412. The van der Waals surface area contributed by atoms with Crippen molar-refractivity contribution in [3.05, 3.63) is 0 Å². The Kier molecular flexibility index (Phi) is 2.34. The average molecular weight is 210 g/mol. The van der Waals surface area contributed by atoms with E-state index in [2.05, 4.69) is 0 Å². The van der Waals surface area contributed by atoms with E-state index >= 15 is 0 Å². The zero-order valence-corrected chi connectivity index (χ0v) is 8.43. The SMILES string of the molecule is [B]N1CCC2(CC1)OC(=O)N(C)C(=O)O2. The van der Waals surface area contributed by atoms with Crippen molar-refractivity contribution in [3.8, 4) is 0 Å². The van der Waals surface area contributed by atoms with Crippen LogP contribution in [-0.4, -0.2) is 55.8 Å². The second kappa shape index (κ2) is 3.41. The van der Waals surface area contributed by atoms with Gasteiger partial charge in [0.15, 0.2) is 7.98 Å². The summed E-state index contributed by atoms with van der Waals surface area (Å²) in [5.74, 6) is -1.10. The molecule has 0 aromatic heterocycles. The molecule has 2 radical (unpaired) electrons. The van der Waals surface area contributed by atoms with Gasteiger partial charge in [-0.1, -0.05) is 0 Å². The zero-order valence-electron chi connectivity index (χ0n) is 8.43. The monoisotopic (exact) mass is 210 g/mol. The van der Waals surface area contributed by atoms with Crippen molar-refractivity contribution in [2.75, 3.05) is 20.1 Å². The maximum Gasteiger partial charge on any atom is 0.422 e. The van der Waals surface area contributed by atoms with Crippen LogP contribution in [0.25, 0.3) is 0 Å². The van der Waals surface area contributed by atoms with E-state index in [1.54, 1.807) is 4.81 Å². The van der Waals surface area contributed by atoms with Gasteiger partial charge in [-0.05, 0) is 13.1 Å². The number of carbonyl (C=O) groups excluding carboxylic acids is 2. The van der Waals surface area contributed by atoms with Crippen LogP contribution in [0.2, 0.25) is 0 Å². The third-order valence-corrected chi connectivity index (χ3v) is 2.65. The van der Waals surface area contributed by atoms with E-state index in [0.717, 1.165) is 4.90 Å². The summed E-state index contributed by atoms with van der Waals surface area (Å²) in [6.45, 7) is 1.06. The second-order valence-corrected chi connectivity index (χ2v) is 3.74. The first-order valence-corrected chi connectivity index (χ1v) is 4.72. The lowest BCUT2D eigenvalue weighted by molar-refractivity contribution is -0.209. The van der Waals surface area contributed by atoms with E-state index < -0.39 is 18.0 Å². The van der Waals surface area contributed by atoms with E-state index in [1.165, 1.54) is 7.05 Å². The fourth-order valence-corrected chi connectivity index (χ4v) is 1.62. The van der Waals surface area contributed by atoms with E-state index in [0.29, 0.717) is 25.9 Å². The molecule has 0 unspecified atom stereocenters. The summed E-state index contributed by atoms with van der Waals surface area (Å²) in [6, 6.07) is 0. The third-order valence-electron chi connectivity index (χ3n) is 2.65. The highest BCUT2D eigenvalue weighted by Crippen LogP contribution is 2.31. The Morgan fingerprint density at radius 1 is 1.20 bits per heavy atom. The van der Waals surface area contributed by atoms with Crippen LogP contribution in [0.5, 0.6) is 0 Å². The van der Waals surface area contributed by atoms with Crippen LogP contribution in [0.4, 0.5) is 9.59 Å². The smallest absolute Gasteiger partial charge is 0.406 e. The summed E-state index contributed by atoms with van der Waals surface area (Å²) in [5.41, 5.74) is 0. The molecule has 6 nitrogen and oxygen atoms in total. The van der Waals surface area contributed by atoms with E-state index in [-0.39, 0.29) is 0 Å². The Bertz CT molecular complexity index is 281. The molecular formula is C8H11BN2O4. The van der Waals surface area contributed by atoms with Gasteiger partial charge in [0, 0.05) is 19.9 Å². The van der Waals surface area contributed by atoms with Gasteiger partial charge in [-0.25, -0.2) is 14.5 Å². The summed E-state index contributed by atoms with van der Waals surface area (Å²) >= 11 is 0. The zero-order chi connectivity index (χ0) is 11.1. The van der Waals surface area contributed by atoms with Gasteiger partial charge in [-0.15, -0.1) is 0 Å². The quantitative estimate of drug-likeness (QED) is 0.530. The van der Waals surface area contributed by atoms with Gasteiger partial charge in [-0.3, -0.25) is 0 Å². The molecule has 0 saturated carbocycles. The molecule has 2 aliphatic heterocycles. The molecule has 0 atom stereocenters. The van der Waals surface area contributed by atoms with Crippen LogP contribution in [0.15, 0.2) is 0 Å². The molecule has 0 aromatic carbocycles. The summed E-state index contributed by atoms with van der Waals surface area (Å²) in [4.78, 5) is 25.0. The lowest BCUT2D eigenvalue weighted by Crippen LogP contribution is -2.56. The first-order valence-electron chi connectivity index (χ1n) is 4.72. The summed E-state index contributed by atoms with van der Waals surface area (Å²) in [6.07, 6.45) is -0.516. The highest BCUT2D eigenvalue weighted by molar-refractivity contribution is 6.04. The molecule has 80 valence electrons. The Balaban J connectivity index is 2.10. The Hall–Kier alpha value is -1.24. The van der Waals surface area contributed by atoms with Gasteiger partial charge in [0.05, 0.1) is 0 Å². The van der Waals surface area contributed by atoms with Gasteiger partial charge in [-0.2, -0.15) is 0 Å². The second-order valence-electron chi connectivity index (χ2n) is 3.74. The number of piperidine rings is 1. The molecule has 2 aliphatic rings. The van der Waals surface area contributed by atoms with Crippen LogP contribution in [0.3, 0.4) is 0 Å². The summed E-state index contributed by atoms with van der Waals surface area (Å²) < 4.78 is 10.2. The van der Waals surface area contributed by atoms with Crippen molar-refractivity contribution in [1.82, 2.24) is 9.71 Å². The van der Waals surface area contributed by atoms with E-state index in [1.807, 2.05) is 0 Å². The highest BCUT2D eigenvalue weighted by atomic mass is 16.8. The summed E-state index contributed by atoms with van der Waals surface area (Å²) in [7, 11) is 6.88. The predicted molar refractivity (Wildman–Crippen MR) is 50.0 cm³/mol. The largest absolute Gasteiger partial charge is 0.422 e. The molecule has 2 fully saturated rings.